The number of carbonyl (C=O) groups is 1. The predicted molar refractivity (Wildman–Crippen MR) is 160 cm³/mol. The Hall–Kier alpha value is -2.68. The molecule has 1 aromatic carbocycles. The molecule has 1 N–H and O–H groups in total. The Morgan fingerprint density at radius 1 is 1.32 bits per heavy atom. The van der Waals surface area contributed by atoms with Crippen molar-refractivity contribution >= 4 is 11.7 Å². The first-order valence-corrected chi connectivity index (χ1v) is 13.7. The summed E-state index contributed by atoms with van der Waals surface area (Å²) in [6.07, 6.45) is 12.4. The van der Waals surface area contributed by atoms with E-state index in [-0.39, 0.29) is 23.7 Å². The van der Waals surface area contributed by atoms with E-state index < -0.39 is 5.97 Å². The number of aliphatic carboxylic acids is 1. The van der Waals surface area contributed by atoms with Gasteiger partial charge in [-0.25, -0.2) is 4.79 Å². The van der Waals surface area contributed by atoms with Crippen molar-refractivity contribution in [3.05, 3.63) is 59.7 Å². The first kappa shape index (κ1) is 33.3. The fourth-order valence-corrected chi connectivity index (χ4v) is 5.02. The Morgan fingerprint density at radius 3 is 2.39 bits per heavy atom. The number of benzene rings is 1. The predicted octanol–water partition coefficient (Wildman–Crippen LogP) is 7.38. The lowest BCUT2D eigenvalue weighted by Gasteiger charge is -2.43. The molecule has 1 aliphatic rings. The molecule has 5 heteroatoms. The number of allylic oxidation sites excluding steroid dienone is 1. The summed E-state index contributed by atoms with van der Waals surface area (Å²) in [5.74, 6) is 2.05. The van der Waals surface area contributed by atoms with Crippen molar-refractivity contribution in [3.8, 4) is 12.3 Å². The van der Waals surface area contributed by atoms with Gasteiger partial charge in [0.1, 0.15) is 5.66 Å². The summed E-state index contributed by atoms with van der Waals surface area (Å²) in [5, 5.41) is 8.34. The Morgan fingerprint density at radius 2 is 1.95 bits per heavy atom. The third kappa shape index (κ3) is 9.89. The van der Waals surface area contributed by atoms with Gasteiger partial charge >= 0.3 is 5.97 Å². The largest absolute Gasteiger partial charge is 0.478 e. The van der Waals surface area contributed by atoms with Crippen LogP contribution >= 0.6 is 0 Å². The molecule has 38 heavy (non-hydrogen) atoms. The van der Waals surface area contributed by atoms with Crippen LogP contribution in [-0.2, 0) is 9.53 Å². The molecule has 1 aromatic rings. The topological polar surface area (TPSA) is 62.1 Å². The molecule has 1 fully saturated rings. The minimum Gasteiger partial charge on any atom is -0.478 e. The maximum atomic E-state index is 10.2. The van der Waals surface area contributed by atoms with E-state index >= 15 is 0 Å². The number of likely N-dealkylation sites (N-methyl/N-ethyl adjacent to an activating group) is 1. The third-order valence-electron chi connectivity index (χ3n) is 7.85. The maximum absolute atomic E-state index is 10.2. The molecule has 3 unspecified atom stereocenters. The normalized spacial score (nSPS) is 21.5. The van der Waals surface area contributed by atoms with Crippen LogP contribution in [0.2, 0.25) is 0 Å². The number of hydrogen-bond donors (Lipinski definition) is 1. The molecule has 0 bridgehead atoms. The molecule has 2 rings (SSSR count). The summed E-state index contributed by atoms with van der Waals surface area (Å²) in [5.41, 5.74) is 3.78. The van der Waals surface area contributed by atoms with Gasteiger partial charge in [-0.15, -0.1) is 12.3 Å². The fraction of sp³-hybridized carbons (Fsp3) is 0.576. The zero-order valence-electron chi connectivity index (χ0n) is 25.0. The van der Waals surface area contributed by atoms with Crippen LogP contribution in [0, 0.1) is 23.7 Å². The van der Waals surface area contributed by atoms with Gasteiger partial charge in [-0.1, -0.05) is 69.3 Å². The second-order valence-corrected chi connectivity index (χ2v) is 11.5. The van der Waals surface area contributed by atoms with Crippen molar-refractivity contribution in [2.45, 2.75) is 91.8 Å². The molecule has 0 aromatic heterocycles. The van der Waals surface area contributed by atoms with Crippen LogP contribution in [0.15, 0.2) is 59.1 Å². The average molecular weight is 523 g/mol. The third-order valence-corrected chi connectivity index (χ3v) is 7.85. The molecule has 0 aliphatic heterocycles. The second-order valence-electron chi connectivity index (χ2n) is 11.5. The first-order valence-electron chi connectivity index (χ1n) is 13.7. The van der Waals surface area contributed by atoms with Gasteiger partial charge < -0.3 is 9.84 Å². The van der Waals surface area contributed by atoms with Crippen LogP contribution in [0.5, 0.6) is 0 Å². The van der Waals surface area contributed by atoms with Gasteiger partial charge in [0.05, 0.1) is 12.3 Å². The molecule has 1 aliphatic carbocycles. The van der Waals surface area contributed by atoms with Crippen molar-refractivity contribution < 1.29 is 14.6 Å². The number of aliphatic imine (C=N–C) groups is 1. The van der Waals surface area contributed by atoms with Gasteiger partial charge in [0.15, 0.2) is 0 Å². The lowest BCUT2D eigenvalue weighted by Crippen LogP contribution is -2.50. The molecule has 5 nitrogen and oxygen atoms in total. The standard InChI is InChI=1S/C26H42N2O.C7H8O2/c1-20(2)21(3)28(7)26(17-12-15-23(16-18-26)25(4,5)6)27-24(19-29-8)22-13-10-9-11-14-22;1-3-5-6(4-2)7(8)9/h9-11,13-14,21,23H,1,12,15-19H2,2-8H3;1,4H,5H2,2H3,(H,8,9)/b27-24+;6-4+. The van der Waals surface area contributed by atoms with Gasteiger partial charge in [-0.3, -0.25) is 9.89 Å². The highest BCUT2D eigenvalue weighted by molar-refractivity contribution is 6.01. The van der Waals surface area contributed by atoms with Gasteiger partial charge in [0.2, 0.25) is 0 Å². The molecule has 0 heterocycles. The molecule has 0 radical (unpaired) electrons. The Kier molecular flexibility index (Phi) is 13.7. The van der Waals surface area contributed by atoms with Gasteiger partial charge in [-0.05, 0) is 76.8 Å². The van der Waals surface area contributed by atoms with E-state index in [4.69, 9.17) is 21.3 Å². The lowest BCUT2D eigenvalue weighted by molar-refractivity contribution is -0.132. The Labute approximate surface area is 232 Å². The van der Waals surface area contributed by atoms with Gasteiger partial charge in [-0.2, -0.15) is 0 Å². The van der Waals surface area contributed by atoms with Crippen molar-refractivity contribution in [2.75, 3.05) is 20.8 Å². The minimum absolute atomic E-state index is 0.200. The number of ether oxygens (including phenoxy) is 1. The van der Waals surface area contributed by atoms with E-state index in [1.54, 1.807) is 14.0 Å². The number of carboxylic acid groups (broad SMARTS) is 1. The van der Waals surface area contributed by atoms with E-state index in [2.05, 4.69) is 89.4 Å². The number of rotatable bonds is 9. The Bertz CT molecular complexity index is 997. The van der Waals surface area contributed by atoms with Crippen LogP contribution in [0.3, 0.4) is 0 Å². The number of nitrogens with zero attached hydrogens (tertiary/aromatic N) is 2. The van der Waals surface area contributed by atoms with Crippen molar-refractivity contribution in [1.29, 1.82) is 0 Å². The smallest absolute Gasteiger partial charge is 0.332 e. The minimum atomic E-state index is -0.935. The molecule has 210 valence electrons. The molecule has 0 saturated heterocycles. The van der Waals surface area contributed by atoms with E-state index in [1.165, 1.54) is 30.9 Å². The average Bonchev–Trinajstić information content (AvgIpc) is 3.10. The summed E-state index contributed by atoms with van der Waals surface area (Å²) in [6.45, 7) is 18.0. The SMILES string of the molecule is C#CC/C(=C\C)C(=O)O.C=C(C)C(C)N(C)C1(/N=C(\COC)c2ccccc2)CCCC(C(C)(C)C)CC1. The highest BCUT2D eigenvalue weighted by Gasteiger charge is 2.41. The number of methoxy groups -OCH3 is 1. The number of terminal acetylenes is 1. The van der Waals surface area contributed by atoms with Gasteiger partial charge in [0, 0.05) is 25.1 Å². The molecular formula is C33H50N2O3. The summed E-state index contributed by atoms with van der Waals surface area (Å²) < 4.78 is 5.57. The quantitative estimate of drug-likeness (QED) is 0.121. The van der Waals surface area contributed by atoms with Crippen molar-refractivity contribution in [3.63, 3.8) is 0 Å². The highest BCUT2D eigenvalue weighted by atomic mass is 16.5. The molecule has 1 saturated carbocycles. The monoisotopic (exact) mass is 522 g/mol. The van der Waals surface area contributed by atoms with Crippen LogP contribution in [0.25, 0.3) is 0 Å². The van der Waals surface area contributed by atoms with E-state index in [0.29, 0.717) is 12.0 Å². The van der Waals surface area contributed by atoms with E-state index in [0.717, 1.165) is 30.0 Å². The van der Waals surface area contributed by atoms with E-state index in [9.17, 15) is 4.79 Å². The Balaban J connectivity index is 0.000000686. The fourth-order valence-electron chi connectivity index (χ4n) is 5.02. The summed E-state index contributed by atoms with van der Waals surface area (Å²) >= 11 is 0. The lowest BCUT2D eigenvalue weighted by atomic mass is 9.76. The summed E-state index contributed by atoms with van der Waals surface area (Å²) in [6, 6.07) is 10.8. The maximum Gasteiger partial charge on any atom is 0.332 e. The highest BCUT2D eigenvalue weighted by Crippen LogP contribution is 2.43. The van der Waals surface area contributed by atoms with Crippen LogP contribution in [0.4, 0.5) is 0 Å². The van der Waals surface area contributed by atoms with E-state index in [1.807, 2.05) is 0 Å². The van der Waals surface area contributed by atoms with Crippen LogP contribution < -0.4 is 0 Å². The van der Waals surface area contributed by atoms with Crippen LogP contribution in [0.1, 0.15) is 85.6 Å². The van der Waals surface area contributed by atoms with Gasteiger partial charge in [0.25, 0.3) is 0 Å². The molecule has 0 amide bonds. The number of hydrogen-bond acceptors (Lipinski definition) is 4. The van der Waals surface area contributed by atoms with Crippen molar-refractivity contribution in [1.82, 2.24) is 4.90 Å². The molecule has 0 spiro atoms. The number of carboxylic acids is 1. The van der Waals surface area contributed by atoms with Crippen LogP contribution in [-0.4, -0.2) is 54.2 Å². The zero-order chi connectivity index (χ0) is 28.9. The molecular weight excluding hydrogens is 472 g/mol. The second kappa shape index (κ2) is 15.7. The first-order chi connectivity index (χ1) is 17.8. The van der Waals surface area contributed by atoms with Crippen molar-refractivity contribution in [2.24, 2.45) is 16.3 Å². The molecule has 3 atom stereocenters. The zero-order valence-corrected chi connectivity index (χ0v) is 25.0. The summed E-state index contributed by atoms with van der Waals surface area (Å²) in [4.78, 5) is 18.1. The summed E-state index contributed by atoms with van der Waals surface area (Å²) in [7, 11) is 3.99.